The second kappa shape index (κ2) is 6.39. The van der Waals surface area contributed by atoms with Gasteiger partial charge in [0.05, 0.1) is 0 Å². The Labute approximate surface area is 125 Å². The molecular weight excluding hydrogens is 262 g/mol. The van der Waals surface area contributed by atoms with Gasteiger partial charge >= 0.3 is 0 Å². The fourth-order valence-corrected chi connectivity index (χ4v) is 2.03. The first-order valence-corrected chi connectivity index (χ1v) is 7.02. The standard InChI is InChI=1S/C17H21N3O/c1-13(2)18-16-10-5-6-11-20(16)17(21)14-8-7-9-15(12-14)19(3)4/h5-13H,1-4H3. The minimum atomic E-state index is -0.0706. The summed E-state index contributed by atoms with van der Waals surface area (Å²) < 4.78 is 1.59. The summed E-state index contributed by atoms with van der Waals surface area (Å²) in [6.45, 7) is 3.99. The van der Waals surface area contributed by atoms with Crippen molar-refractivity contribution in [2.75, 3.05) is 19.0 Å². The Kier molecular flexibility index (Phi) is 4.58. The molecule has 1 aromatic heterocycles. The van der Waals surface area contributed by atoms with Gasteiger partial charge in [0, 0.05) is 37.6 Å². The van der Waals surface area contributed by atoms with Gasteiger partial charge in [0.2, 0.25) is 0 Å². The van der Waals surface area contributed by atoms with E-state index in [-0.39, 0.29) is 11.9 Å². The smallest absolute Gasteiger partial charge is 0.263 e. The van der Waals surface area contributed by atoms with Gasteiger partial charge in [-0.15, -0.1) is 0 Å². The highest BCUT2D eigenvalue weighted by atomic mass is 16.2. The highest BCUT2D eigenvalue weighted by Gasteiger charge is 2.10. The van der Waals surface area contributed by atoms with Crippen LogP contribution in [0, 0.1) is 0 Å². The summed E-state index contributed by atoms with van der Waals surface area (Å²) in [5.74, 6) is -0.0706. The zero-order valence-electron chi connectivity index (χ0n) is 12.9. The van der Waals surface area contributed by atoms with E-state index >= 15 is 0 Å². The van der Waals surface area contributed by atoms with Crippen LogP contribution in [0.25, 0.3) is 0 Å². The van der Waals surface area contributed by atoms with Gasteiger partial charge in [-0.05, 0) is 44.2 Å². The first kappa shape index (κ1) is 15.0. The van der Waals surface area contributed by atoms with E-state index in [9.17, 15) is 4.79 Å². The van der Waals surface area contributed by atoms with E-state index in [1.165, 1.54) is 0 Å². The Hall–Kier alpha value is -2.36. The average molecular weight is 283 g/mol. The average Bonchev–Trinajstić information content (AvgIpc) is 2.46. The molecular formula is C17H21N3O. The summed E-state index contributed by atoms with van der Waals surface area (Å²) in [7, 11) is 3.91. The molecule has 1 aromatic carbocycles. The lowest BCUT2D eigenvalue weighted by molar-refractivity contribution is 0.0954. The molecule has 0 saturated heterocycles. The maximum Gasteiger partial charge on any atom is 0.263 e. The van der Waals surface area contributed by atoms with Crippen LogP contribution in [0.3, 0.4) is 0 Å². The summed E-state index contributed by atoms with van der Waals surface area (Å²) in [4.78, 5) is 19.2. The Balaban J connectivity index is 2.48. The zero-order valence-corrected chi connectivity index (χ0v) is 12.9. The molecule has 4 nitrogen and oxygen atoms in total. The normalized spacial score (nSPS) is 11.8. The number of anilines is 1. The fraction of sp³-hybridized carbons (Fsp3) is 0.294. The van der Waals surface area contributed by atoms with Gasteiger partial charge in [-0.2, -0.15) is 0 Å². The third kappa shape index (κ3) is 3.60. The predicted octanol–water partition coefficient (Wildman–Crippen LogP) is 2.55. The van der Waals surface area contributed by atoms with Gasteiger partial charge in [0.1, 0.15) is 5.49 Å². The number of benzene rings is 1. The molecule has 4 heteroatoms. The van der Waals surface area contributed by atoms with Crippen LogP contribution in [-0.2, 0) is 0 Å². The summed E-state index contributed by atoms with van der Waals surface area (Å²) in [5, 5.41) is 0. The van der Waals surface area contributed by atoms with Crippen molar-refractivity contribution in [1.82, 2.24) is 4.57 Å². The van der Waals surface area contributed by atoms with E-state index < -0.39 is 0 Å². The molecule has 0 unspecified atom stereocenters. The molecule has 0 bridgehead atoms. The Bertz CT molecular complexity index is 699. The van der Waals surface area contributed by atoms with Crippen LogP contribution in [0.1, 0.15) is 24.2 Å². The van der Waals surface area contributed by atoms with Crippen molar-refractivity contribution in [2.24, 2.45) is 4.99 Å². The van der Waals surface area contributed by atoms with E-state index in [2.05, 4.69) is 4.99 Å². The number of pyridine rings is 1. The number of rotatable bonds is 3. The quantitative estimate of drug-likeness (QED) is 0.868. The van der Waals surface area contributed by atoms with E-state index in [0.29, 0.717) is 11.1 Å². The van der Waals surface area contributed by atoms with Crippen molar-refractivity contribution in [3.05, 3.63) is 59.7 Å². The van der Waals surface area contributed by atoms with Crippen LogP contribution >= 0.6 is 0 Å². The predicted molar refractivity (Wildman–Crippen MR) is 85.6 cm³/mol. The van der Waals surface area contributed by atoms with Crippen LogP contribution in [-0.4, -0.2) is 30.6 Å². The van der Waals surface area contributed by atoms with Crippen LogP contribution in [0.2, 0.25) is 0 Å². The Morgan fingerprint density at radius 1 is 1.14 bits per heavy atom. The van der Waals surface area contributed by atoms with Crippen LogP contribution in [0.5, 0.6) is 0 Å². The lowest BCUT2D eigenvalue weighted by Crippen LogP contribution is -2.28. The molecule has 0 spiro atoms. The van der Waals surface area contributed by atoms with Gasteiger partial charge in [0.25, 0.3) is 5.91 Å². The monoisotopic (exact) mass is 283 g/mol. The zero-order chi connectivity index (χ0) is 15.4. The topological polar surface area (TPSA) is 37.6 Å². The largest absolute Gasteiger partial charge is 0.378 e. The second-order valence-electron chi connectivity index (χ2n) is 5.40. The Morgan fingerprint density at radius 3 is 2.57 bits per heavy atom. The molecule has 0 fully saturated rings. The van der Waals surface area contributed by atoms with E-state index in [1.807, 2.05) is 75.3 Å². The van der Waals surface area contributed by atoms with Gasteiger partial charge in [-0.1, -0.05) is 12.1 Å². The van der Waals surface area contributed by atoms with Gasteiger partial charge < -0.3 is 4.90 Å². The molecule has 0 radical (unpaired) electrons. The van der Waals surface area contributed by atoms with Crippen molar-refractivity contribution in [3.63, 3.8) is 0 Å². The van der Waals surface area contributed by atoms with Crippen molar-refractivity contribution >= 4 is 11.6 Å². The third-order valence-corrected chi connectivity index (χ3v) is 3.06. The summed E-state index contributed by atoms with van der Waals surface area (Å²) in [6.07, 6.45) is 1.76. The molecule has 0 saturated carbocycles. The van der Waals surface area contributed by atoms with E-state index in [4.69, 9.17) is 0 Å². The fourth-order valence-electron chi connectivity index (χ4n) is 2.03. The van der Waals surface area contributed by atoms with Crippen molar-refractivity contribution in [3.8, 4) is 0 Å². The third-order valence-electron chi connectivity index (χ3n) is 3.06. The molecule has 0 amide bonds. The Morgan fingerprint density at radius 2 is 1.90 bits per heavy atom. The van der Waals surface area contributed by atoms with Gasteiger partial charge in [0.15, 0.2) is 0 Å². The van der Waals surface area contributed by atoms with Crippen molar-refractivity contribution in [2.45, 2.75) is 19.9 Å². The van der Waals surface area contributed by atoms with Gasteiger partial charge in [-0.3, -0.25) is 14.4 Å². The lowest BCUT2D eigenvalue weighted by Gasteiger charge is -2.14. The number of carbonyl (C=O) groups excluding carboxylic acids is 1. The highest BCUT2D eigenvalue weighted by Crippen LogP contribution is 2.14. The van der Waals surface area contributed by atoms with E-state index in [0.717, 1.165) is 5.69 Å². The van der Waals surface area contributed by atoms with Crippen molar-refractivity contribution < 1.29 is 4.79 Å². The maximum atomic E-state index is 12.7. The minimum Gasteiger partial charge on any atom is -0.378 e. The molecule has 0 N–H and O–H groups in total. The maximum absolute atomic E-state index is 12.7. The SMILES string of the molecule is CC(C)N=c1ccccn1C(=O)c1cccc(N(C)C)c1. The molecule has 0 atom stereocenters. The molecule has 0 aliphatic heterocycles. The lowest BCUT2D eigenvalue weighted by atomic mass is 10.1. The molecule has 2 aromatic rings. The number of nitrogens with zero attached hydrogens (tertiary/aromatic N) is 3. The molecule has 1 heterocycles. The summed E-state index contributed by atoms with van der Waals surface area (Å²) in [5.41, 5.74) is 2.32. The molecule has 110 valence electrons. The molecule has 2 rings (SSSR count). The van der Waals surface area contributed by atoms with Gasteiger partial charge in [-0.25, -0.2) is 0 Å². The summed E-state index contributed by atoms with van der Waals surface area (Å²) >= 11 is 0. The first-order valence-electron chi connectivity index (χ1n) is 7.02. The first-order chi connectivity index (χ1) is 9.99. The van der Waals surface area contributed by atoms with Crippen LogP contribution in [0.15, 0.2) is 53.7 Å². The number of hydrogen-bond acceptors (Lipinski definition) is 3. The second-order valence-corrected chi connectivity index (χ2v) is 5.40. The molecule has 21 heavy (non-hydrogen) atoms. The van der Waals surface area contributed by atoms with E-state index in [1.54, 1.807) is 10.8 Å². The number of aromatic nitrogens is 1. The van der Waals surface area contributed by atoms with Crippen LogP contribution in [0.4, 0.5) is 5.69 Å². The summed E-state index contributed by atoms with van der Waals surface area (Å²) in [6, 6.07) is 13.3. The van der Waals surface area contributed by atoms with Crippen LogP contribution < -0.4 is 10.4 Å². The molecule has 0 aliphatic rings. The minimum absolute atomic E-state index is 0.0706. The number of carbonyl (C=O) groups is 1. The molecule has 0 aliphatic carbocycles. The number of hydrogen-bond donors (Lipinski definition) is 0. The highest BCUT2D eigenvalue weighted by molar-refractivity contribution is 5.96. The van der Waals surface area contributed by atoms with Crippen molar-refractivity contribution in [1.29, 1.82) is 0 Å².